The summed E-state index contributed by atoms with van der Waals surface area (Å²) in [5.41, 5.74) is 1.31. The van der Waals surface area contributed by atoms with Gasteiger partial charge in [0.25, 0.3) is 5.69 Å². The Balaban J connectivity index is 1.84. The van der Waals surface area contributed by atoms with Gasteiger partial charge in [-0.15, -0.1) is 0 Å². The van der Waals surface area contributed by atoms with Crippen molar-refractivity contribution >= 4 is 5.69 Å². The third-order valence-electron chi connectivity index (χ3n) is 4.17. The van der Waals surface area contributed by atoms with Gasteiger partial charge >= 0.3 is 0 Å². The number of piperazine rings is 1. The highest BCUT2D eigenvalue weighted by Crippen LogP contribution is 2.15. The van der Waals surface area contributed by atoms with Crippen LogP contribution in [0.5, 0.6) is 0 Å². The molecule has 1 saturated heterocycles. The van der Waals surface area contributed by atoms with Gasteiger partial charge in [-0.25, -0.2) is 0 Å². The Kier molecular flexibility index (Phi) is 5.09. The third kappa shape index (κ3) is 3.77. The predicted octanol–water partition coefficient (Wildman–Crippen LogP) is 2.51. The van der Waals surface area contributed by atoms with Crippen LogP contribution in [0.4, 0.5) is 5.69 Å². The number of nitro benzene ring substituents is 1. The van der Waals surface area contributed by atoms with Gasteiger partial charge in [-0.05, 0) is 18.9 Å². The lowest BCUT2D eigenvalue weighted by Gasteiger charge is -2.37. The second-order valence-electron chi connectivity index (χ2n) is 5.49. The van der Waals surface area contributed by atoms with Gasteiger partial charge in [-0.2, -0.15) is 0 Å². The predicted molar refractivity (Wildman–Crippen MR) is 79.7 cm³/mol. The summed E-state index contributed by atoms with van der Waals surface area (Å²) in [5.74, 6) is 0. The van der Waals surface area contributed by atoms with Crippen molar-refractivity contribution in [2.24, 2.45) is 0 Å². The molecular formula is C15H23N3O2. The van der Waals surface area contributed by atoms with Crippen LogP contribution in [0.15, 0.2) is 24.3 Å². The summed E-state index contributed by atoms with van der Waals surface area (Å²) in [6.07, 6.45) is 1.20. The number of rotatable bonds is 5. The Morgan fingerprint density at radius 3 is 2.30 bits per heavy atom. The average molecular weight is 277 g/mol. The van der Waals surface area contributed by atoms with E-state index in [4.69, 9.17) is 0 Å². The molecule has 1 atom stereocenters. The molecule has 0 saturated carbocycles. The minimum absolute atomic E-state index is 0.162. The second kappa shape index (κ2) is 6.81. The summed E-state index contributed by atoms with van der Waals surface area (Å²) in [7, 11) is 0. The standard InChI is InChI=1S/C15H23N3O2/c1-3-13(2)17-10-8-16(9-11-17)12-14-4-6-15(7-5-14)18(19)20/h4-7,13H,3,8-12H2,1-2H3/t13-/m1/s1. The first kappa shape index (κ1) is 14.9. The summed E-state index contributed by atoms with van der Waals surface area (Å²) in [6.45, 7) is 9.76. The van der Waals surface area contributed by atoms with E-state index in [0.717, 1.165) is 38.3 Å². The number of non-ortho nitro benzene ring substituents is 1. The first-order valence-electron chi connectivity index (χ1n) is 7.30. The van der Waals surface area contributed by atoms with Crippen molar-refractivity contribution < 1.29 is 4.92 Å². The fraction of sp³-hybridized carbons (Fsp3) is 0.600. The zero-order valence-electron chi connectivity index (χ0n) is 12.3. The van der Waals surface area contributed by atoms with Crippen molar-refractivity contribution in [1.82, 2.24) is 9.80 Å². The third-order valence-corrected chi connectivity index (χ3v) is 4.17. The molecular weight excluding hydrogens is 254 g/mol. The summed E-state index contributed by atoms with van der Waals surface area (Å²) < 4.78 is 0. The van der Waals surface area contributed by atoms with Crippen LogP contribution in [0.2, 0.25) is 0 Å². The molecule has 1 aromatic carbocycles. The molecule has 1 aliphatic rings. The fourth-order valence-electron chi connectivity index (χ4n) is 2.60. The van der Waals surface area contributed by atoms with Crippen LogP contribution in [0.1, 0.15) is 25.8 Å². The van der Waals surface area contributed by atoms with E-state index in [2.05, 4.69) is 23.6 Å². The minimum atomic E-state index is -0.352. The maximum atomic E-state index is 10.6. The summed E-state index contributed by atoms with van der Waals surface area (Å²) in [4.78, 5) is 15.2. The van der Waals surface area contributed by atoms with Crippen LogP contribution in [-0.4, -0.2) is 46.9 Å². The smallest absolute Gasteiger partial charge is 0.269 e. The molecule has 0 bridgehead atoms. The molecule has 0 unspecified atom stereocenters. The summed E-state index contributed by atoms with van der Waals surface area (Å²) in [6, 6.07) is 7.56. The van der Waals surface area contributed by atoms with E-state index in [0.29, 0.717) is 6.04 Å². The van der Waals surface area contributed by atoms with Gasteiger partial charge in [-0.3, -0.25) is 19.9 Å². The molecule has 1 fully saturated rings. The molecule has 0 aromatic heterocycles. The summed E-state index contributed by atoms with van der Waals surface area (Å²) >= 11 is 0. The van der Waals surface area contributed by atoms with E-state index < -0.39 is 0 Å². The van der Waals surface area contributed by atoms with E-state index in [1.165, 1.54) is 6.42 Å². The highest BCUT2D eigenvalue weighted by Gasteiger charge is 2.20. The molecule has 0 aliphatic carbocycles. The SMILES string of the molecule is CC[C@@H](C)N1CCN(Cc2ccc([N+](=O)[O-])cc2)CC1. The van der Waals surface area contributed by atoms with Gasteiger partial charge in [0, 0.05) is 50.9 Å². The van der Waals surface area contributed by atoms with Gasteiger partial charge < -0.3 is 0 Å². The van der Waals surface area contributed by atoms with Gasteiger partial charge in [0.2, 0.25) is 0 Å². The normalized spacial score (nSPS) is 18.9. The van der Waals surface area contributed by atoms with Crippen molar-refractivity contribution in [3.63, 3.8) is 0 Å². The zero-order valence-corrected chi connectivity index (χ0v) is 12.3. The highest BCUT2D eigenvalue weighted by molar-refractivity contribution is 5.32. The van der Waals surface area contributed by atoms with Crippen LogP contribution < -0.4 is 0 Å². The van der Waals surface area contributed by atoms with Crippen molar-refractivity contribution in [2.75, 3.05) is 26.2 Å². The maximum Gasteiger partial charge on any atom is 0.269 e. The molecule has 20 heavy (non-hydrogen) atoms. The van der Waals surface area contributed by atoms with Crippen molar-refractivity contribution in [1.29, 1.82) is 0 Å². The van der Waals surface area contributed by atoms with Crippen LogP contribution >= 0.6 is 0 Å². The molecule has 1 heterocycles. The van der Waals surface area contributed by atoms with Crippen LogP contribution in [0.25, 0.3) is 0 Å². The monoisotopic (exact) mass is 277 g/mol. The quantitative estimate of drug-likeness (QED) is 0.613. The number of hydrogen-bond acceptors (Lipinski definition) is 4. The van der Waals surface area contributed by atoms with E-state index in [1.807, 2.05) is 12.1 Å². The fourth-order valence-corrected chi connectivity index (χ4v) is 2.60. The van der Waals surface area contributed by atoms with Gasteiger partial charge in [0.15, 0.2) is 0 Å². The van der Waals surface area contributed by atoms with Crippen LogP contribution in [0, 0.1) is 10.1 Å². The Hall–Kier alpha value is -1.46. The Morgan fingerprint density at radius 2 is 1.80 bits per heavy atom. The summed E-state index contributed by atoms with van der Waals surface area (Å²) in [5, 5.41) is 10.6. The molecule has 0 N–H and O–H groups in total. The van der Waals surface area contributed by atoms with Crippen molar-refractivity contribution in [3.05, 3.63) is 39.9 Å². The molecule has 2 rings (SSSR count). The lowest BCUT2D eigenvalue weighted by atomic mass is 10.1. The first-order valence-corrected chi connectivity index (χ1v) is 7.30. The molecule has 1 aromatic rings. The lowest BCUT2D eigenvalue weighted by Crippen LogP contribution is -2.48. The van der Waals surface area contributed by atoms with Gasteiger partial charge in [0.1, 0.15) is 0 Å². The first-order chi connectivity index (χ1) is 9.60. The highest BCUT2D eigenvalue weighted by atomic mass is 16.6. The number of benzene rings is 1. The zero-order chi connectivity index (χ0) is 14.5. The van der Waals surface area contributed by atoms with E-state index in [-0.39, 0.29) is 10.6 Å². The van der Waals surface area contributed by atoms with Crippen LogP contribution in [0.3, 0.4) is 0 Å². The molecule has 0 spiro atoms. The lowest BCUT2D eigenvalue weighted by molar-refractivity contribution is -0.384. The van der Waals surface area contributed by atoms with Gasteiger partial charge in [-0.1, -0.05) is 19.1 Å². The Morgan fingerprint density at radius 1 is 1.20 bits per heavy atom. The topological polar surface area (TPSA) is 49.6 Å². The molecule has 0 amide bonds. The van der Waals surface area contributed by atoms with Crippen LogP contribution in [-0.2, 0) is 6.54 Å². The number of nitro groups is 1. The largest absolute Gasteiger partial charge is 0.298 e. The molecule has 0 radical (unpaired) electrons. The Labute approximate surface area is 120 Å². The molecule has 1 aliphatic heterocycles. The van der Waals surface area contributed by atoms with E-state index >= 15 is 0 Å². The van der Waals surface area contributed by atoms with E-state index in [9.17, 15) is 10.1 Å². The average Bonchev–Trinajstić information content (AvgIpc) is 2.48. The maximum absolute atomic E-state index is 10.6. The molecule has 5 nitrogen and oxygen atoms in total. The molecule has 5 heteroatoms. The number of nitrogens with zero attached hydrogens (tertiary/aromatic N) is 3. The second-order valence-corrected chi connectivity index (χ2v) is 5.49. The minimum Gasteiger partial charge on any atom is -0.298 e. The van der Waals surface area contributed by atoms with E-state index in [1.54, 1.807) is 12.1 Å². The Bertz CT molecular complexity index is 439. The van der Waals surface area contributed by atoms with Crippen molar-refractivity contribution in [3.8, 4) is 0 Å². The molecule has 110 valence electrons. The van der Waals surface area contributed by atoms with Crippen molar-refractivity contribution in [2.45, 2.75) is 32.9 Å². The van der Waals surface area contributed by atoms with Gasteiger partial charge in [0.05, 0.1) is 4.92 Å². The number of hydrogen-bond donors (Lipinski definition) is 0.